The Morgan fingerprint density at radius 3 is 2.38 bits per heavy atom. The SMILES string of the molecule is COc1cc2c(cc1OC)CN(CC(=O)N[C@H](Cc1ccccc1)C(=O)O)CC2. The van der Waals surface area contributed by atoms with Crippen molar-refractivity contribution < 1.29 is 24.2 Å². The monoisotopic (exact) mass is 398 g/mol. The number of fused-ring (bicyclic) bond motifs is 1. The molecule has 3 rings (SSSR count). The van der Waals surface area contributed by atoms with E-state index in [2.05, 4.69) is 5.32 Å². The molecular formula is C22H26N2O5. The van der Waals surface area contributed by atoms with Gasteiger partial charge in [-0.15, -0.1) is 0 Å². The summed E-state index contributed by atoms with van der Waals surface area (Å²) in [6, 6.07) is 12.2. The van der Waals surface area contributed by atoms with Gasteiger partial charge >= 0.3 is 5.97 Å². The molecule has 7 nitrogen and oxygen atoms in total. The number of carbonyl (C=O) groups excluding carboxylic acids is 1. The number of nitrogens with zero attached hydrogens (tertiary/aromatic N) is 1. The molecule has 2 N–H and O–H groups in total. The first-order valence-corrected chi connectivity index (χ1v) is 9.52. The van der Waals surface area contributed by atoms with Crippen LogP contribution in [0.2, 0.25) is 0 Å². The van der Waals surface area contributed by atoms with Crippen molar-refractivity contribution in [1.82, 2.24) is 10.2 Å². The first kappa shape index (κ1) is 20.7. The molecule has 0 aliphatic carbocycles. The van der Waals surface area contributed by atoms with Crippen molar-refractivity contribution in [2.24, 2.45) is 0 Å². The highest BCUT2D eigenvalue weighted by molar-refractivity contribution is 5.84. The zero-order chi connectivity index (χ0) is 20.8. The average Bonchev–Trinajstić information content (AvgIpc) is 2.72. The highest BCUT2D eigenvalue weighted by Gasteiger charge is 2.24. The van der Waals surface area contributed by atoms with Gasteiger partial charge in [-0.2, -0.15) is 0 Å². The molecule has 154 valence electrons. The van der Waals surface area contributed by atoms with Gasteiger partial charge in [-0.05, 0) is 35.2 Å². The number of hydrogen-bond donors (Lipinski definition) is 2. The fraction of sp³-hybridized carbons (Fsp3) is 0.364. The van der Waals surface area contributed by atoms with E-state index in [-0.39, 0.29) is 18.9 Å². The van der Waals surface area contributed by atoms with Gasteiger partial charge in [0.15, 0.2) is 11.5 Å². The molecule has 1 aliphatic heterocycles. The van der Waals surface area contributed by atoms with Crippen LogP contribution in [0.1, 0.15) is 16.7 Å². The van der Waals surface area contributed by atoms with E-state index >= 15 is 0 Å². The maximum atomic E-state index is 12.5. The Morgan fingerprint density at radius 1 is 1.10 bits per heavy atom. The Hall–Kier alpha value is -3.06. The summed E-state index contributed by atoms with van der Waals surface area (Å²) in [5.41, 5.74) is 3.13. The third kappa shape index (κ3) is 5.26. The first-order valence-electron chi connectivity index (χ1n) is 9.52. The lowest BCUT2D eigenvalue weighted by atomic mass is 9.98. The lowest BCUT2D eigenvalue weighted by molar-refractivity contribution is -0.142. The minimum absolute atomic E-state index is 0.145. The van der Waals surface area contributed by atoms with Crippen LogP contribution in [-0.2, 0) is 29.0 Å². The maximum Gasteiger partial charge on any atom is 0.326 e. The number of carboxylic acids is 1. The summed E-state index contributed by atoms with van der Waals surface area (Å²) in [5.74, 6) is 0.0225. The summed E-state index contributed by atoms with van der Waals surface area (Å²) in [5, 5.41) is 12.1. The number of carbonyl (C=O) groups is 2. The predicted octanol–water partition coefficient (Wildman–Crippen LogP) is 1.87. The molecule has 0 radical (unpaired) electrons. The van der Waals surface area contributed by atoms with Crippen LogP contribution in [0.5, 0.6) is 11.5 Å². The van der Waals surface area contributed by atoms with E-state index in [1.54, 1.807) is 14.2 Å². The van der Waals surface area contributed by atoms with Crippen molar-refractivity contribution in [3.8, 4) is 11.5 Å². The quantitative estimate of drug-likeness (QED) is 0.706. The normalized spacial score (nSPS) is 14.6. The van der Waals surface area contributed by atoms with Crippen molar-refractivity contribution >= 4 is 11.9 Å². The van der Waals surface area contributed by atoms with Gasteiger partial charge < -0.3 is 19.9 Å². The Morgan fingerprint density at radius 2 is 1.76 bits per heavy atom. The van der Waals surface area contributed by atoms with Gasteiger partial charge in [-0.3, -0.25) is 9.69 Å². The molecule has 0 bridgehead atoms. The third-order valence-electron chi connectivity index (χ3n) is 5.08. The zero-order valence-electron chi connectivity index (χ0n) is 16.7. The van der Waals surface area contributed by atoms with Crippen LogP contribution in [0.4, 0.5) is 0 Å². The highest BCUT2D eigenvalue weighted by atomic mass is 16.5. The molecule has 1 amide bonds. The molecule has 0 saturated heterocycles. The Bertz CT molecular complexity index is 869. The lowest BCUT2D eigenvalue weighted by Crippen LogP contribution is -2.47. The molecule has 2 aromatic rings. The second-order valence-electron chi connectivity index (χ2n) is 7.08. The number of methoxy groups -OCH3 is 2. The number of rotatable bonds is 8. The zero-order valence-corrected chi connectivity index (χ0v) is 16.7. The summed E-state index contributed by atoms with van der Waals surface area (Å²) in [6.07, 6.45) is 1.04. The van der Waals surface area contributed by atoms with E-state index in [0.29, 0.717) is 24.6 Å². The van der Waals surface area contributed by atoms with Gasteiger partial charge in [0.25, 0.3) is 0 Å². The smallest absolute Gasteiger partial charge is 0.326 e. The molecule has 1 aliphatic rings. The Balaban J connectivity index is 1.61. The highest BCUT2D eigenvalue weighted by Crippen LogP contribution is 2.33. The van der Waals surface area contributed by atoms with Crippen LogP contribution < -0.4 is 14.8 Å². The summed E-state index contributed by atoms with van der Waals surface area (Å²) in [6.45, 7) is 1.46. The fourth-order valence-corrected chi connectivity index (χ4v) is 3.57. The van der Waals surface area contributed by atoms with Crippen LogP contribution in [0.25, 0.3) is 0 Å². The summed E-state index contributed by atoms with van der Waals surface area (Å²) >= 11 is 0. The van der Waals surface area contributed by atoms with Gasteiger partial charge in [0.2, 0.25) is 5.91 Å². The van der Waals surface area contributed by atoms with E-state index in [4.69, 9.17) is 9.47 Å². The van der Waals surface area contributed by atoms with Crippen molar-refractivity contribution in [3.63, 3.8) is 0 Å². The van der Waals surface area contributed by atoms with Gasteiger partial charge in [-0.25, -0.2) is 4.79 Å². The topological polar surface area (TPSA) is 88.1 Å². The van der Waals surface area contributed by atoms with Gasteiger partial charge in [-0.1, -0.05) is 30.3 Å². The van der Waals surface area contributed by atoms with E-state index in [1.807, 2.05) is 47.4 Å². The largest absolute Gasteiger partial charge is 0.493 e. The third-order valence-corrected chi connectivity index (χ3v) is 5.08. The molecule has 2 aromatic carbocycles. The number of benzene rings is 2. The Labute approximate surface area is 170 Å². The van der Waals surface area contributed by atoms with Crippen LogP contribution in [0, 0.1) is 0 Å². The molecular weight excluding hydrogens is 372 g/mol. The average molecular weight is 398 g/mol. The number of amides is 1. The minimum atomic E-state index is -1.04. The molecule has 29 heavy (non-hydrogen) atoms. The van der Waals surface area contributed by atoms with Crippen molar-refractivity contribution in [2.45, 2.75) is 25.4 Å². The second-order valence-corrected chi connectivity index (χ2v) is 7.08. The van der Waals surface area contributed by atoms with Crippen molar-refractivity contribution in [3.05, 3.63) is 59.2 Å². The molecule has 7 heteroatoms. The summed E-state index contributed by atoms with van der Waals surface area (Å²) in [7, 11) is 3.20. The number of nitrogens with one attached hydrogen (secondary N) is 1. The van der Waals surface area contributed by atoms with Crippen molar-refractivity contribution in [1.29, 1.82) is 0 Å². The second kappa shape index (κ2) is 9.43. The number of hydrogen-bond acceptors (Lipinski definition) is 5. The van der Waals surface area contributed by atoms with Gasteiger partial charge in [0.1, 0.15) is 6.04 Å². The Kier molecular flexibility index (Phi) is 6.72. The molecule has 0 spiro atoms. The van der Waals surface area contributed by atoms with Gasteiger partial charge in [0.05, 0.1) is 20.8 Å². The standard InChI is InChI=1S/C22H26N2O5/c1-28-19-11-16-8-9-24(13-17(16)12-20(19)29-2)14-21(25)23-18(22(26)27)10-15-6-4-3-5-7-15/h3-7,11-12,18H,8-10,13-14H2,1-2H3,(H,23,25)(H,26,27)/t18-/m1/s1. The minimum Gasteiger partial charge on any atom is -0.493 e. The van der Waals surface area contributed by atoms with E-state index in [1.165, 1.54) is 5.56 Å². The van der Waals surface area contributed by atoms with Crippen LogP contribution in [0.15, 0.2) is 42.5 Å². The van der Waals surface area contributed by atoms with Gasteiger partial charge in [0, 0.05) is 19.5 Å². The number of carboxylic acid groups (broad SMARTS) is 1. The molecule has 0 aromatic heterocycles. The first-order chi connectivity index (χ1) is 14.0. The molecule has 0 saturated carbocycles. The van der Waals surface area contributed by atoms with E-state index in [0.717, 1.165) is 17.5 Å². The van der Waals surface area contributed by atoms with Crippen LogP contribution in [-0.4, -0.2) is 55.2 Å². The van der Waals surface area contributed by atoms with Crippen LogP contribution in [0.3, 0.4) is 0 Å². The predicted molar refractivity (Wildman–Crippen MR) is 108 cm³/mol. The molecule has 1 heterocycles. The van der Waals surface area contributed by atoms with E-state index in [9.17, 15) is 14.7 Å². The summed E-state index contributed by atoms with van der Waals surface area (Å²) < 4.78 is 10.7. The van der Waals surface area contributed by atoms with Crippen molar-refractivity contribution in [2.75, 3.05) is 27.3 Å². The fourth-order valence-electron chi connectivity index (χ4n) is 3.57. The maximum absolute atomic E-state index is 12.5. The number of aliphatic carboxylic acids is 1. The molecule has 1 atom stereocenters. The molecule has 0 fully saturated rings. The van der Waals surface area contributed by atoms with E-state index < -0.39 is 12.0 Å². The lowest BCUT2D eigenvalue weighted by Gasteiger charge is -2.29. The number of ether oxygens (including phenoxy) is 2. The van der Waals surface area contributed by atoms with Crippen LogP contribution >= 0.6 is 0 Å². The molecule has 0 unspecified atom stereocenters. The summed E-state index contributed by atoms with van der Waals surface area (Å²) in [4.78, 5) is 26.1.